The smallest absolute Gasteiger partial charge is 0.238 e. The lowest BCUT2D eigenvalue weighted by Crippen LogP contribution is -2.31. The first-order chi connectivity index (χ1) is 15.3. The lowest BCUT2D eigenvalue weighted by Gasteiger charge is -2.28. The highest BCUT2D eigenvalue weighted by atomic mass is 32.2. The second-order valence-electron chi connectivity index (χ2n) is 8.33. The van der Waals surface area contributed by atoms with E-state index in [-0.39, 0.29) is 17.3 Å². The molecule has 174 valence electrons. The SMILES string of the molecule is CN(CCCOc1cccc(S(C)(=O)=O)c1)CC(=O)Nc1ccc(N2CCCCC2)cc1. The molecule has 1 saturated heterocycles. The zero-order valence-corrected chi connectivity index (χ0v) is 19.7. The van der Waals surface area contributed by atoms with Crippen molar-refractivity contribution in [2.75, 3.05) is 56.3 Å². The Labute approximate surface area is 191 Å². The van der Waals surface area contributed by atoms with E-state index in [2.05, 4.69) is 22.3 Å². The highest BCUT2D eigenvalue weighted by Crippen LogP contribution is 2.22. The number of carbonyl (C=O) groups excluding carboxylic acids is 1. The quantitative estimate of drug-likeness (QED) is 0.549. The summed E-state index contributed by atoms with van der Waals surface area (Å²) < 4.78 is 28.9. The van der Waals surface area contributed by atoms with Crippen molar-refractivity contribution in [2.45, 2.75) is 30.6 Å². The first-order valence-corrected chi connectivity index (χ1v) is 13.0. The van der Waals surface area contributed by atoms with Gasteiger partial charge in [0.25, 0.3) is 0 Å². The minimum absolute atomic E-state index is 0.0556. The standard InChI is InChI=1S/C24H33N3O4S/c1-26(14-7-17-31-22-8-6-9-23(18-22)32(2,29)30)19-24(28)25-20-10-12-21(13-11-20)27-15-4-3-5-16-27/h6,8-13,18H,3-5,7,14-17,19H2,1-2H3,(H,25,28). The van der Waals surface area contributed by atoms with Crippen LogP contribution in [0.5, 0.6) is 5.75 Å². The largest absolute Gasteiger partial charge is 0.494 e. The van der Waals surface area contributed by atoms with E-state index in [1.807, 2.05) is 24.1 Å². The van der Waals surface area contributed by atoms with Gasteiger partial charge < -0.3 is 15.0 Å². The Morgan fingerprint density at radius 3 is 2.50 bits per heavy atom. The van der Waals surface area contributed by atoms with Crippen molar-refractivity contribution in [3.63, 3.8) is 0 Å². The Hall–Kier alpha value is -2.58. The summed E-state index contributed by atoms with van der Waals surface area (Å²) in [5.74, 6) is 0.473. The Morgan fingerprint density at radius 2 is 1.81 bits per heavy atom. The molecular weight excluding hydrogens is 426 g/mol. The number of sulfone groups is 1. The monoisotopic (exact) mass is 459 g/mol. The van der Waals surface area contributed by atoms with Crippen LogP contribution in [0.1, 0.15) is 25.7 Å². The summed E-state index contributed by atoms with van der Waals surface area (Å²) in [6.07, 6.45) is 5.68. The summed E-state index contributed by atoms with van der Waals surface area (Å²) in [6, 6.07) is 14.5. The number of nitrogens with one attached hydrogen (secondary N) is 1. The van der Waals surface area contributed by atoms with Crippen LogP contribution >= 0.6 is 0 Å². The Kier molecular flexibility index (Phi) is 8.53. The van der Waals surface area contributed by atoms with Crippen molar-refractivity contribution in [1.82, 2.24) is 4.90 Å². The van der Waals surface area contributed by atoms with Gasteiger partial charge in [0.2, 0.25) is 5.91 Å². The summed E-state index contributed by atoms with van der Waals surface area (Å²) in [5, 5.41) is 2.95. The van der Waals surface area contributed by atoms with Gasteiger partial charge in [-0.2, -0.15) is 0 Å². The van der Waals surface area contributed by atoms with Crippen LogP contribution in [0, 0.1) is 0 Å². The average Bonchev–Trinajstić information content (AvgIpc) is 2.77. The molecular formula is C24H33N3O4S. The lowest BCUT2D eigenvalue weighted by molar-refractivity contribution is -0.117. The second kappa shape index (κ2) is 11.3. The third-order valence-corrected chi connectivity index (χ3v) is 6.58. The number of benzene rings is 2. The van der Waals surface area contributed by atoms with E-state index in [4.69, 9.17) is 4.74 Å². The molecule has 1 N–H and O–H groups in total. The maximum absolute atomic E-state index is 12.3. The fourth-order valence-corrected chi connectivity index (χ4v) is 4.41. The number of piperidine rings is 1. The number of hydrogen-bond acceptors (Lipinski definition) is 6. The Bertz CT molecular complexity index is 987. The molecule has 1 heterocycles. The molecule has 0 bridgehead atoms. The Balaban J connectivity index is 1.37. The third-order valence-electron chi connectivity index (χ3n) is 5.47. The maximum Gasteiger partial charge on any atom is 0.238 e. The molecule has 8 heteroatoms. The van der Waals surface area contributed by atoms with Crippen LogP contribution < -0.4 is 15.0 Å². The number of ether oxygens (including phenoxy) is 1. The van der Waals surface area contributed by atoms with Crippen LogP contribution in [0.3, 0.4) is 0 Å². The average molecular weight is 460 g/mol. The zero-order chi connectivity index (χ0) is 23.0. The predicted molar refractivity (Wildman–Crippen MR) is 128 cm³/mol. The fourth-order valence-electron chi connectivity index (χ4n) is 3.75. The number of likely N-dealkylation sites (N-methyl/N-ethyl adjacent to an activating group) is 1. The van der Waals surface area contributed by atoms with Crippen LogP contribution in [-0.2, 0) is 14.6 Å². The molecule has 2 aromatic rings. The highest BCUT2D eigenvalue weighted by molar-refractivity contribution is 7.90. The molecule has 0 spiro atoms. The van der Waals surface area contributed by atoms with Crippen LogP contribution in [0.2, 0.25) is 0 Å². The van der Waals surface area contributed by atoms with E-state index in [1.165, 1.54) is 37.3 Å². The van der Waals surface area contributed by atoms with Crippen molar-refractivity contribution < 1.29 is 17.9 Å². The molecule has 0 unspecified atom stereocenters. The van der Waals surface area contributed by atoms with Gasteiger partial charge in [0.15, 0.2) is 9.84 Å². The van der Waals surface area contributed by atoms with E-state index < -0.39 is 9.84 Å². The lowest BCUT2D eigenvalue weighted by atomic mass is 10.1. The highest BCUT2D eigenvalue weighted by Gasteiger charge is 2.12. The molecule has 0 aromatic heterocycles. The van der Waals surface area contributed by atoms with E-state index in [0.717, 1.165) is 25.2 Å². The molecule has 0 atom stereocenters. The normalized spacial score (nSPS) is 14.4. The fraction of sp³-hybridized carbons (Fsp3) is 0.458. The van der Waals surface area contributed by atoms with Gasteiger partial charge in [-0.15, -0.1) is 0 Å². The van der Waals surface area contributed by atoms with Gasteiger partial charge in [0.05, 0.1) is 18.0 Å². The van der Waals surface area contributed by atoms with Crippen LogP contribution in [0.25, 0.3) is 0 Å². The van der Waals surface area contributed by atoms with Crippen LogP contribution in [0.15, 0.2) is 53.4 Å². The molecule has 2 aromatic carbocycles. The van der Waals surface area contributed by atoms with Gasteiger partial charge in [-0.25, -0.2) is 8.42 Å². The molecule has 1 aliphatic heterocycles. The van der Waals surface area contributed by atoms with Crippen molar-refractivity contribution >= 4 is 27.1 Å². The topological polar surface area (TPSA) is 78.9 Å². The van der Waals surface area contributed by atoms with Gasteiger partial charge >= 0.3 is 0 Å². The molecule has 7 nitrogen and oxygen atoms in total. The van der Waals surface area contributed by atoms with Gasteiger partial charge in [-0.05, 0) is 75.2 Å². The maximum atomic E-state index is 12.3. The number of nitrogens with zero attached hydrogens (tertiary/aromatic N) is 2. The van der Waals surface area contributed by atoms with Crippen molar-refractivity contribution in [2.24, 2.45) is 0 Å². The molecule has 0 radical (unpaired) electrons. The number of anilines is 2. The first kappa shape index (κ1) is 24.1. The molecule has 1 aliphatic rings. The van der Waals surface area contributed by atoms with E-state index in [1.54, 1.807) is 18.2 Å². The third kappa shape index (κ3) is 7.53. The molecule has 32 heavy (non-hydrogen) atoms. The first-order valence-electron chi connectivity index (χ1n) is 11.1. The van der Waals surface area contributed by atoms with E-state index >= 15 is 0 Å². The number of rotatable bonds is 10. The van der Waals surface area contributed by atoms with Crippen molar-refractivity contribution in [1.29, 1.82) is 0 Å². The van der Waals surface area contributed by atoms with Gasteiger partial charge in [0.1, 0.15) is 5.75 Å². The Morgan fingerprint density at radius 1 is 1.09 bits per heavy atom. The molecule has 0 aliphatic carbocycles. The van der Waals surface area contributed by atoms with Crippen LogP contribution in [0.4, 0.5) is 11.4 Å². The summed E-state index contributed by atoms with van der Waals surface area (Å²) in [5.41, 5.74) is 2.01. The van der Waals surface area contributed by atoms with Gasteiger partial charge in [-0.1, -0.05) is 6.07 Å². The number of amides is 1. The van der Waals surface area contributed by atoms with Crippen molar-refractivity contribution in [3.8, 4) is 5.75 Å². The zero-order valence-electron chi connectivity index (χ0n) is 18.9. The summed E-state index contributed by atoms with van der Waals surface area (Å²) in [4.78, 5) is 16.9. The summed E-state index contributed by atoms with van der Waals surface area (Å²) in [7, 11) is -1.36. The number of hydrogen-bond donors (Lipinski definition) is 1. The predicted octanol–water partition coefficient (Wildman–Crippen LogP) is 3.42. The van der Waals surface area contributed by atoms with Gasteiger partial charge in [0, 0.05) is 37.3 Å². The second-order valence-corrected chi connectivity index (χ2v) is 10.3. The summed E-state index contributed by atoms with van der Waals surface area (Å²) in [6.45, 7) is 3.62. The van der Waals surface area contributed by atoms with E-state index in [0.29, 0.717) is 18.9 Å². The molecule has 0 saturated carbocycles. The molecule has 3 rings (SSSR count). The molecule has 1 amide bonds. The van der Waals surface area contributed by atoms with Crippen molar-refractivity contribution in [3.05, 3.63) is 48.5 Å². The summed E-state index contributed by atoms with van der Waals surface area (Å²) >= 11 is 0. The molecule has 1 fully saturated rings. The van der Waals surface area contributed by atoms with Gasteiger partial charge in [-0.3, -0.25) is 9.69 Å². The minimum atomic E-state index is -3.25. The number of carbonyl (C=O) groups is 1. The minimum Gasteiger partial charge on any atom is -0.494 e. The van der Waals surface area contributed by atoms with Crippen LogP contribution in [-0.4, -0.2) is 65.3 Å². The van der Waals surface area contributed by atoms with E-state index in [9.17, 15) is 13.2 Å².